The largest absolute Gasteiger partial charge is 0.330 e. The molecule has 2 nitrogen and oxygen atoms in total. The SMILES string of the molecule is C[C@H](NCCCN)c1cccs1. The lowest BCUT2D eigenvalue weighted by molar-refractivity contribution is 0.569. The van der Waals surface area contributed by atoms with Crippen molar-refractivity contribution in [3.05, 3.63) is 22.4 Å². The molecule has 12 heavy (non-hydrogen) atoms. The highest BCUT2D eigenvalue weighted by atomic mass is 32.1. The van der Waals surface area contributed by atoms with E-state index in [9.17, 15) is 0 Å². The molecule has 0 aliphatic heterocycles. The molecule has 0 saturated carbocycles. The summed E-state index contributed by atoms with van der Waals surface area (Å²) in [5.74, 6) is 0. The van der Waals surface area contributed by atoms with Crippen molar-refractivity contribution >= 4 is 11.3 Å². The molecule has 68 valence electrons. The molecule has 0 spiro atoms. The Kier molecular flexibility index (Phi) is 4.29. The van der Waals surface area contributed by atoms with Gasteiger partial charge >= 0.3 is 0 Å². The molecule has 0 fully saturated rings. The summed E-state index contributed by atoms with van der Waals surface area (Å²) >= 11 is 1.80. The molecule has 0 radical (unpaired) electrons. The van der Waals surface area contributed by atoms with E-state index in [1.165, 1.54) is 4.88 Å². The van der Waals surface area contributed by atoms with E-state index in [4.69, 9.17) is 5.73 Å². The van der Waals surface area contributed by atoms with Gasteiger partial charge in [-0.25, -0.2) is 0 Å². The molecule has 0 amide bonds. The second-order valence-electron chi connectivity index (χ2n) is 2.83. The monoisotopic (exact) mass is 184 g/mol. The van der Waals surface area contributed by atoms with Gasteiger partial charge in [0.2, 0.25) is 0 Å². The molecule has 0 saturated heterocycles. The molecule has 1 heterocycles. The molecular formula is C9H16N2S. The zero-order valence-corrected chi connectivity index (χ0v) is 8.23. The molecule has 0 bridgehead atoms. The zero-order chi connectivity index (χ0) is 8.81. The van der Waals surface area contributed by atoms with Crippen LogP contribution in [0, 0.1) is 0 Å². The van der Waals surface area contributed by atoms with Gasteiger partial charge in [0.15, 0.2) is 0 Å². The van der Waals surface area contributed by atoms with Crippen molar-refractivity contribution in [3.63, 3.8) is 0 Å². The van der Waals surface area contributed by atoms with Crippen LogP contribution in [0.5, 0.6) is 0 Å². The summed E-state index contributed by atoms with van der Waals surface area (Å²) < 4.78 is 0. The second kappa shape index (κ2) is 5.30. The van der Waals surface area contributed by atoms with Crippen molar-refractivity contribution in [1.82, 2.24) is 5.32 Å². The lowest BCUT2D eigenvalue weighted by Crippen LogP contribution is -2.21. The minimum Gasteiger partial charge on any atom is -0.330 e. The van der Waals surface area contributed by atoms with E-state index in [0.29, 0.717) is 6.04 Å². The van der Waals surface area contributed by atoms with Gasteiger partial charge < -0.3 is 11.1 Å². The Hall–Kier alpha value is -0.380. The molecule has 1 aromatic heterocycles. The average molecular weight is 184 g/mol. The van der Waals surface area contributed by atoms with Gasteiger partial charge in [-0.2, -0.15) is 0 Å². The molecule has 0 unspecified atom stereocenters. The van der Waals surface area contributed by atoms with Gasteiger partial charge in [0.1, 0.15) is 0 Å². The van der Waals surface area contributed by atoms with Crippen LogP contribution in [0.3, 0.4) is 0 Å². The van der Waals surface area contributed by atoms with Crippen LogP contribution in [0.2, 0.25) is 0 Å². The molecule has 1 aromatic rings. The van der Waals surface area contributed by atoms with Crippen LogP contribution in [0.1, 0.15) is 24.3 Å². The fourth-order valence-electron chi connectivity index (χ4n) is 1.06. The Bertz CT molecular complexity index is 196. The topological polar surface area (TPSA) is 38.0 Å². The predicted molar refractivity (Wildman–Crippen MR) is 54.4 cm³/mol. The van der Waals surface area contributed by atoms with Crippen molar-refractivity contribution in [3.8, 4) is 0 Å². The van der Waals surface area contributed by atoms with E-state index >= 15 is 0 Å². The van der Waals surface area contributed by atoms with Crippen LogP contribution >= 0.6 is 11.3 Å². The van der Waals surface area contributed by atoms with E-state index in [2.05, 4.69) is 29.8 Å². The third-order valence-corrected chi connectivity index (χ3v) is 2.86. The van der Waals surface area contributed by atoms with Crippen LogP contribution in [-0.4, -0.2) is 13.1 Å². The van der Waals surface area contributed by atoms with Gasteiger partial charge in [-0.1, -0.05) is 6.07 Å². The van der Waals surface area contributed by atoms with Crippen molar-refractivity contribution in [1.29, 1.82) is 0 Å². The first-order valence-corrected chi connectivity index (χ1v) is 5.19. The Labute approximate surface area is 77.8 Å². The van der Waals surface area contributed by atoms with Crippen molar-refractivity contribution in [2.75, 3.05) is 13.1 Å². The predicted octanol–water partition coefficient (Wildman–Crippen LogP) is 1.75. The number of hydrogen-bond donors (Lipinski definition) is 2. The number of thiophene rings is 1. The number of nitrogens with two attached hydrogens (primary N) is 1. The first-order valence-electron chi connectivity index (χ1n) is 4.31. The van der Waals surface area contributed by atoms with Crippen molar-refractivity contribution < 1.29 is 0 Å². The van der Waals surface area contributed by atoms with E-state index < -0.39 is 0 Å². The number of rotatable bonds is 5. The fourth-order valence-corrected chi connectivity index (χ4v) is 1.82. The molecule has 0 aromatic carbocycles. The summed E-state index contributed by atoms with van der Waals surface area (Å²) in [7, 11) is 0. The van der Waals surface area contributed by atoms with Gasteiger partial charge in [0.25, 0.3) is 0 Å². The third kappa shape index (κ3) is 2.93. The maximum atomic E-state index is 5.40. The first-order chi connectivity index (χ1) is 5.84. The number of hydrogen-bond acceptors (Lipinski definition) is 3. The van der Waals surface area contributed by atoms with Crippen LogP contribution in [0.15, 0.2) is 17.5 Å². The molecule has 1 rings (SSSR count). The highest BCUT2D eigenvalue weighted by molar-refractivity contribution is 7.10. The maximum absolute atomic E-state index is 5.40. The minimum absolute atomic E-state index is 0.469. The maximum Gasteiger partial charge on any atom is 0.0386 e. The van der Waals surface area contributed by atoms with Gasteiger partial charge in [-0.05, 0) is 37.9 Å². The Balaban J connectivity index is 2.25. The summed E-state index contributed by atoms with van der Waals surface area (Å²) in [6, 6.07) is 4.71. The molecule has 0 aliphatic carbocycles. The summed E-state index contributed by atoms with van der Waals surface area (Å²) in [5.41, 5.74) is 5.40. The van der Waals surface area contributed by atoms with Crippen LogP contribution in [-0.2, 0) is 0 Å². The summed E-state index contributed by atoms with van der Waals surface area (Å²) in [5, 5.41) is 5.52. The lowest BCUT2D eigenvalue weighted by Gasteiger charge is -2.10. The molecule has 0 aliphatic rings. The molecule has 3 heteroatoms. The summed E-state index contributed by atoms with van der Waals surface area (Å²) in [6.07, 6.45) is 1.05. The van der Waals surface area contributed by atoms with E-state index in [0.717, 1.165) is 19.5 Å². The van der Waals surface area contributed by atoms with Crippen molar-refractivity contribution in [2.45, 2.75) is 19.4 Å². The van der Waals surface area contributed by atoms with Crippen molar-refractivity contribution in [2.24, 2.45) is 5.73 Å². The highest BCUT2D eigenvalue weighted by Crippen LogP contribution is 2.17. The normalized spacial score (nSPS) is 13.2. The summed E-state index contributed by atoms with van der Waals surface area (Å²) in [6.45, 7) is 3.96. The first kappa shape index (κ1) is 9.71. The second-order valence-corrected chi connectivity index (χ2v) is 3.81. The van der Waals surface area contributed by atoms with Gasteiger partial charge in [0.05, 0.1) is 0 Å². The quantitative estimate of drug-likeness (QED) is 0.684. The fraction of sp³-hybridized carbons (Fsp3) is 0.556. The van der Waals surface area contributed by atoms with E-state index in [1.807, 2.05) is 0 Å². The Morgan fingerprint density at radius 1 is 1.67 bits per heavy atom. The van der Waals surface area contributed by atoms with Gasteiger partial charge in [-0.15, -0.1) is 11.3 Å². The molecule has 3 N–H and O–H groups in total. The smallest absolute Gasteiger partial charge is 0.0386 e. The standard InChI is InChI=1S/C9H16N2S/c1-8(11-6-3-5-10)9-4-2-7-12-9/h2,4,7-8,11H,3,5-6,10H2,1H3/t8-/m0/s1. The van der Waals surface area contributed by atoms with Gasteiger partial charge in [0, 0.05) is 10.9 Å². The lowest BCUT2D eigenvalue weighted by atomic mass is 10.2. The number of nitrogens with one attached hydrogen (secondary N) is 1. The van der Waals surface area contributed by atoms with Gasteiger partial charge in [-0.3, -0.25) is 0 Å². The van der Waals surface area contributed by atoms with Crippen LogP contribution in [0.25, 0.3) is 0 Å². The zero-order valence-electron chi connectivity index (χ0n) is 7.42. The third-order valence-electron chi connectivity index (χ3n) is 1.80. The van der Waals surface area contributed by atoms with E-state index in [1.54, 1.807) is 11.3 Å². The summed E-state index contributed by atoms with van der Waals surface area (Å²) in [4.78, 5) is 1.40. The Morgan fingerprint density at radius 3 is 3.08 bits per heavy atom. The molecular weight excluding hydrogens is 168 g/mol. The average Bonchev–Trinajstić information content (AvgIpc) is 2.56. The minimum atomic E-state index is 0.469. The van der Waals surface area contributed by atoms with Crippen LogP contribution < -0.4 is 11.1 Å². The van der Waals surface area contributed by atoms with Crippen LogP contribution in [0.4, 0.5) is 0 Å². The highest BCUT2D eigenvalue weighted by Gasteiger charge is 2.03. The van der Waals surface area contributed by atoms with E-state index in [-0.39, 0.29) is 0 Å². The molecule has 1 atom stereocenters. The Morgan fingerprint density at radius 2 is 2.50 bits per heavy atom.